The first kappa shape index (κ1) is 20.0. The maximum atomic E-state index is 12.4. The molecular formula is C19H24N2O4S. The van der Waals surface area contributed by atoms with Crippen LogP contribution in [0, 0.1) is 13.8 Å². The molecule has 1 atom stereocenters. The third-order valence-corrected chi connectivity index (χ3v) is 5.17. The zero-order valence-corrected chi connectivity index (χ0v) is 16.3. The molecule has 1 heterocycles. The fourth-order valence-corrected chi connectivity index (χ4v) is 3.46. The first-order chi connectivity index (χ1) is 12.3. The summed E-state index contributed by atoms with van der Waals surface area (Å²) in [6.45, 7) is 7.82. The van der Waals surface area contributed by atoms with Gasteiger partial charge in [0.1, 0.15) is 6.54 Å². The topological polar surface area (TPSA) is 75.7 Å². The number of esters is 1. The van der Waals surface area contributed by atoms with Crippen LogP contribution >= 0.6 is 11.8 Å². The van der Waals surface area contributed by atoms with E-state index in [-0.39, 0.29) is 36.8 Å². The predicted octanol–water partition coefficient (Wildman–Crippen LogP) is 2.46. The minimum Gasteiger partial charge on any atom is -0.463 e. The average molecular weight is 376 g/mol. The van der Waals surface area contributed by atoms with Gasteiger partial charge in [-0.05, 0) is 44.4 Å². The molecule has 1 aliphatic rings. The van der Waals surface area contributed by atoms with Crippen LogP contribution in [0.3, 0.4) is 0 Å². The summed E-state index contributed by atoms with van der Waals surface area (Å²) < 4.78 is 4.87. The van der Waals surface area contributed by atoms with E-state index in [4.69, 9.17) is 4.74 Å². The molecule has 1 fully saturated rings. The predicted molar refractivity (Wildman–Crippen MR) is 101 cm³/mol. The van der Waals surface area contributed by atoms with Gasteiger partial charge >= 0.3 is 5.97 Å². The summed E-state index contributed by atoms with van der Waals surface area (Å²) in [4.78, 5) is 37.3. The van der Waals surface area contributed by atoms with Gasteiger partial charge in [0.15, 0.2) is 0 Å². The molecule has 7 heteroatoms. The Bertz CT molecular complexity index is 745. The van der Waals surface area contributed by atoms with Gasteiger partial charge in [0.25, 0.3) is 0 Å². The number of hydrogen-bond donors (Lipinski definition) is 1. The third kappa shape index (κ3) is 5.11. The van der Waals surface area contributed by atoms with Crippen LogP contribution in [0.5, 0.6) is 0 Å². The number of carbonyl (C=O) groups is 3. The van der Waals surface area contributed by atoms with Gasteiger partial charge in [0, 0.05) is 0 Å². The second-order valence-corrected chi connectivity index (χ2v) is 7.13. The summed E-state index contributed by atoms with van der Waals surface area (Å²) in [7, 11) is 0. The van der Waals surface area contributed by atoms with Crippen LogP contribution in [0.15, 0.2) is 29.3 Å². The van der Waals surface area contributed by atoms with Crippen molar-refractivity contribution in [2.75, 3.05) is 18.9 Å². The lowest BCUT2D eigenvalue weighted by Gasteiger charge is -2.20. The molecule has 0 saturated carbocycles. The van der Waals surface area contributed by atoms with Crippen molar-refractivity contribution in [2.24, 2.45) is 0 Å². The van der Waals surface area contributed by atoms with Gasteiger partial charge in [-0.15, -0.1) is 0 Å². The minimum atomic E-state index is -0.515. The number of ether oxygens (including phenoxy) is 1. The highest BCUT2D eigenvalue weighted by Crippen LogP contribution is 2.28. The molecular weight excluding hydrogens is 352 g/mol. The standard InChI is InChI=1S/C19H24N2O4S/c1-5-25-19(24)9-18-21(17(23)11-26-18)10-16(22)20-14(4)15-7-6-12(2)13(3)8-15/h6-9,14H,5,10-11H2,1-4H3,(H,20,22)/b18-9+/t14-/m1/s1. The molecule has 26 heavy (non-hydrogen) atoms. The van der Waals surface area contributed by atoms with Crippen molar-refractivity contribution in [3.8, 4) is 0 Å². The van der Waals surface area contributed by atoms with Crippen molar-refractivity contribution in [1.29, 1.82) is 0 Å². The van der Waals surface area contributed by atoms with E-state index >= 15 is 0 Å². The van der Waals surface area contributed by atoms with Crippen molar-refractivity contribution < 1.29 is 19.1 Å². The van der Waals surface area contributed by atoms with Crippen molar-refractivity contribution in [1.82, 2.24) is 10.2 Å². The van der Waals surface area contributed by atoms with E-state index in [1.54, 1.807) is 6.92 Å². The molecule has 140 valence electrons. The molecule has 0 bridgehead atoms. The zero-order valence-electron chi connectivity index (χ0n) is 15.5. The number of benzene rings is 1. The highest BCUT2D eigenvalue weighted by molar-refractivity contribution is 8.04. The molecule has 1 aromatic carbocycles. The Balaban J connectivity index is 2.01. The molecule has 1 saturated heterocycles. The Morgan fingerprint density at radius 3 is 2.73 bits per heavy atom. The van der Waals surface area contributed by atoms with Crippen LogP contribution in [0.1, 0.15) is 36.6 Å². The van der Waals surface area contributed by atoms with Gasteiger partial charge < -0.3 is 10.1 Å². The van der Waals surface area contributed by atoms with E-state index < -0.39 is 5.97 Å². The lowest BCUT2D eigenvalue weighted by molar-refractivity contribution is -0.137. The number of hydrogen-bond acceptors (Lipinski definition) is 5. The van der Waals surface area contributed by atoms with E-state index in [2.05, 4.69) is 5.32 Å². The highest BCUT2D eigenvalue weighted by atomic mass is 32.2. The SMILES string of the molecule is CCOC(=O)/C=C1/SCC(=O)N1CC(=O)N[C@H](C)c1ccc(C)c(C)c1. The summed E-state index contributed by atoms with van der Waals surface area (Å²) in [5.74, 6) is -0.773. The number of carbonyl (C=O) groups excluding carboxylic acids is 3. The normalized spacial score (nSPS) is 16.7. The van der Waals surface area contributed by atoms with E-state index in [0.29, 0.717) is 5.03 Å². The van der Waals surface area contributed by atoms with Crippen LogP contribution < -0.4 is 5.32 Å². The molecule has 1 aliphatic heterocycles. The summed E-state index contributed by atoms with van der Waals surface area (Å²) >= 11 is 1.23. The van der Waals surface area contributed by atoms with Gasteiger partial charge in [0.2, 0.25) is 11.8 Å². The summed E-state index contributed by atoms with van der Waals surface area (Å²) in [6.07, 6.45) is 1.26. The molecule has 6 nitrogen and oxygen atoms in total. The maximum Gasteiger partial charge on any atom is 0.333 e. The molecule has 1 aromatic rings. The lowest BCUT2D eigenvalue weighted by Crippen LogP contribution is -2.38. The van der Waals surface area contributed by atoms with Crippen LogP contribution in [-0.2, 0) is 19.1 Å². The largest absolute Gasteiger partial charge is 0.463 e. The number of rotatable bonds is 6. The van der Waals surface area contributed by atoms with E-state index in [1.165, 1.54) is 28.3 Å². The van der Waals surface area contributed by atoms with Crippen LogP contribution in [0.4, 0.5) is 0 Å². The zero-order chi connectivity index (χ0) is 19.3. The fourth-order valence-electron chi connectivity index (χ4n) is 2.53. The molecule has 0 spiro atoms. The van der Waals surface area contributed by atoms with Gasteiger partial charge in [-0.3, -0.25) is 14.5 Å². The number of amides is 2. The van der Waals surface area contributed by atoms with Crippen molar-refractivity contribution in [3.05, 3.63) is 46.0 Å². The number of thioether (sulfide) groups is 1. The van der Waals surface area contributed by atoms with E-state index in [1.807, 2.05) is 39.0 Å². The average Bonchev–Trinajstić information content (AvgIpc) is 2.90. The molecule has 0 unspecified atom stereocenters. The molecule has 0 radical (unpaired) electrons. The van der Waals surface area contributed by atoms with Gasteiger partial charge in [-0.2, -0.15) is 0 Å². The Morgan fingerprint density at radius 2 is 2.08 bits per heavy atom. The Labute approximate surface area is 158 Å². The quantitative estimate of drug-likeness (QED) is 0.610. The summed E-state index contributed by atoms with van der Waals surface area (Å²) in [5.41, 5.74) is 3.36. The maximum absolute atomic E-state index is 12.4. The van der Waals surface area contributed by atoms with Crippen molar-refractivity contribution in [2.45, 2.75) is 33.7 Å². The Kier molecular flexibility index (Phi) is 6.85. The fraction of sp³-hybridized carbons (Fsp3) is 0.421. The highest BCUT2D eigenvalue weighted by Gasteiger charge is 2.29. The second-order valence-electron chi connectivity index (χ2n) is 6.14. The summed E-state index contributed by atoms with van der Waals surface area (Å²) in [5, 5.41) is 3.35. The van der Waals surface area contributed by atoms with Gasteiger partial charge in [0.05, 0.1) is 29.5 Å². The van der Waals surface area contributed by atoms with Crippen molar-refractivity contribution >= 4 is 29.5 Å². The minimum absolute atomic E-state index is 0.119. The molecule has 0 aromatic heterocycles. The third-order valence-electron chi connectivity index (χ3n) is 4.15. The first-order valence-electron chi connectivity index (χ1n) is 8.50. The summed E-state index contributed by atoms with van der Waals surface area (Å²) in [6, 6.07) is 5.87. The monoisotopic (exact) mass is 376 g/mol. The number of aryl methyl sites for hydroxylation is 2. The van der Waals surface area contributed by atoms with Crippen LogP contribution in [0.25, 0.3) is 0 Å². The van der Waals surface area contributed by atoms with E-state index in [0.717, 1.165) is 11.1 Å². The Hall–Kier alpha value is -2.28. The second kappa shape index (κ2) is 8.89. The van der Waals surface area contributed by atoms with E-state index in [9.17, 15) is 14.4 Å². The lowest BCUT2D eigenvalue weighted by atomic mass is 10.0. The van der Waals surface area contributed by atoms with Crippen LogP contribution in [0.2, 0.25) is 0 Å². The number of nitrogens with zero attached hydrogens (tertiary/aromatic N) is 1. The van der Waals surface area contributed by atoms with Gasteiger partial charge in [-0.25, -0.2) is 4.79 Å². The van der Waals surface area contributed by atoms with Gasteiger partial charge in [-0.1, -0.05) is 30.0 Å². The molecule has 1 N–H and O–H groups in total. The smallest absolute Gasteiger partial charge is 0.333 e. The number of nitrogens with one attached hydrogen (secondary N) is 1. The van der Waals surface area contributed by atoms with Crippen molar-refractivity contribution in [3.63, 3.8) is 0 Å². The first-order valence-corrected chi connectivity index (χ1v) is 9.48. The Morgan fingerprint density at radius 1 is 1.35 bits per heavy atom. The molecule has 0 aliphatic carbocycles. The molecule has 2 rings (SSSR count). The molecule has 2 amide bonds. The van der Waals surface area contributed by atoms with Crippen LogP contribution in [-0.4, -0.2) is 41.6 Å².